The maximum Gasteiger partial charge on any atom is 0.0414 e. The lowest BCUT2D eigenvalue weighted by Gasteiger charge is -2.34. The van der Waals surface area contributed by atoms with E-state index in [1.807, 2.05) is 0 Å². The van der Waals surface area contributed by atoms with Gasteiger partial charge >= 0.3 is 0 Å². The van der Waals surface area contributed by atoms with Crippen molar-refractivity contribution < 1.29 is 0 Å². The highest BCUT2D eigenvalue weighted by molar-refractivity contribution is 5.88. The highest BCUT2D eigenvalue weighted by atomic mass is 14.8. The van der Waals surface area contributed by atoms with Crippen LogP contribution in [0.15, 0.2) is 4.99 Å². The van der Waals surface area contributed by atoms with Gasteiger partial charge < -0.3 is 0 Å². The molecule has 0 aromatic rings. The van der Waals surface area contributed by atoms with Crippen LogP contribution in [0.25, 0.3) is 0 Å². The first kappa shape index (κ1) is 8.76. The zero-order valence-corrected chi connectivity index (χ0v) is 8.15. The molecular weight excluding hydrogens is 134 g/mol. The van der Waals surface area contributed by atoms with Gasteiger partial charge in [0.25, 0.3) is 0 Å². The topological polar surface area (TPSA) is 12.4 Å². The predicted molar refractivity (Wildman–Crippen MR) is 50.2 cm³/mol. The summed E-state index contributed by atoms with van der Waals surface area (Å²) in [6.07, 6.45) is 2.55. The van der Waals surface area contributed by atoms with Crippen LogP contribution in [0, 0.1) is 11.3 Å². The Kier molecular flexibility index (Phi) is 2.36. The van der Waals surface area contributed by atoms with Gasteiger partial charge in [-0.15, -0.1) is 0 Å². The molecule has 1 aliphatic heterocycles. The van der Waals surface area contributed by atoms with Crippen molar-refractivity contribution in [3.05, 3.63) is 0 Å². The number of rotatable bonds is 1. The summed E-state index contributed by atoms with van der Waals surface area (Å²) in [6.45, 7) is 10.1. The third kappa shape index (κ3) is 1.63. The molecule has 1 heteroatoms. The van der Waals surface area contributed by atoms with Gasteiger partial charge in [0.1, 0.15) is 0 Å². The molecule has 2 unspecified atom stereocenters. The van der Waals surface area contributed by atoms with Gasteiger partial charge in [-0.05, 0) is 25.7 Å². The fourth-order valence-electron chi connectivity index (χ4n) is 1.87. The molecule has 0 saturated heterocycles. The molecule has 0 radical (unpaired) electrons. The van der Waals surface area contributed by atoms with Crippen molar-refractivity contribution in [3.8, 4) is 0 Å². The van der Waals surface area contributed by atoms with Crippen molar-refractivity contribution in [2.45, 2.75) is 40.5 Å². The molecule has 2 atom stereocenters. The Morgan fingerprint density at radius 3 is 2.73 bits per heavy atom. The lowest BCUT2D eigenvalue weighted by atomic mass is 9.74. The van der Waals surface area contributed by atoms with Crippen LogP contribution in [-0.2, 0) is 0 Å². The number of hydrogen-bond donors (Lipinski definition) is 0. The summed E-state index contributed by atoms with van der Waals surface area (Å²) in [7, 11) is 0. The second kappa shape index (κ2) is 2.96. The molecule has 0 aromatic heterocycles. The molecule has 64 valence electrons. The molecular formula is C10H19N. The molecule has 1 nitrogen and oxygen atoms in total. The minimum atomic E-state index is 0.400. The zero-order chi connectivity index (χ0) is 8.48. The minimum Gasteiger partial charge on any atom is -0.294 e. The Morgan fingerprint density at radius 1 is 1.64 bits per heavy atom. The average Bonchev–Trinajstić information content (AvgIpc) is 1.98. The van der Waals surface area contributed by atoms with Crippen molar-refractivity contribution in [2.75, 3.05) is 6.54 Å². The van der Waals surface area contributed by atoms with Gasteiger partial charge in [0.2, 0.25) is 0 Å². The number of hydrogen-bond acceptors (Lipinski definition) is 1. The van der Waals surface area contributed by atoms with E-state index in [4.69, 9.17) is 0 Å². The van der Waals surface area contributed by atoms with Crippen LogP contribution in [0.1, 0.15) is 40.5 Å². The van der Waals surface area contributed by atoms with Gasteiger partial charge in [-0.1, -0.05) is 20.8 Å². The summed E-state index contributed by atoms with van der Waals surface area (Å²) in [5, 5.41) is 0. The lowest BCUT2D eigenvalue weighted by molar-refractivity contribution is 0.319. The molecule has 1 heterocycles. The Labute approximate surface area is 69.9 Å². The monoisotopic (exact) mass is 153 g/mol. The second-order valence-corrected chi connectivity index (χ2v) is 4.15. The Balaban J connectivity index is 2.79. The van der Waals surface area contributed by atoms with E-state index in [2.05, 4.69) is 32.7 Å². The fraction of sp³-hybridized carbons (Fsp3) is 0.900. The third-order valence-electron chi connectivity index (χ3n) is 3.09. The predicted octanol–water partition coefficient (Wildman–Crippen LogP) is 2.90. The van der Waals surface area contributed by atoms with Crippen LogP contribution < -0.4 is 0 Å². The summed E-state index contributed by atoms with van der Waals surface area (Å²) in [4.78, 5) is 4.55. The molecule has 0 aromatic carbocycles. The van der Waals surface area contributed by atoms with Gasteiger partial charge in [0.05, 0.1) is 0 Å². The van der Waals surface area contributed by atoms with Crippen molar-refractivity contribution in [1.29, 1.82) is 0 Å². The molecule has 0 fully saturated rings. The summed E-state index contributed by atoms with van der Waals surface area (Å²) in [6, 6.07) is 0. The molecule has 0 N–H and O–H groups in total. The summed E-state index contributed by atoms with van der Waals surface area (Å²) >= 11 is 0. The maximum atomic E-state index is 4.55. The van der Waals surface area contributed by atoms with E-state index in [1.54, 1.807) is 0 Å². The van der Waals surface area contributed by atoms with Gasteiger partial charge in [0, 0.05) is 17.7 Å². The number of aliphatic imine (C=N–C) groups is 1. The molecule has 1 aliphatic rings. The largest absolute Gasteiger partial charge is 0.294 e. The highest BCUT2D eigenvalue weighted by Crippen LogP contribution is 2.34. The minimum absolute atomic E-state index is 0.400. The SMILES string of the molecule is CCC1(C)CC(C)CN=C1C. The van der Waals surface area contributed by atoms with Gasteiger partial charge in [-0.2, -0.15) is 0 Å². The first-order valence-corrected chi connectivity index (χ1v) is 4.60. The molecule has 11 heavy (non-hydrogen) atoms. The maximum absolute atomic E-state index is 4.55. The molecule has 0 bridgehead atoms. The molecule has 0 aliphatic carbocycles. The van der Waals surface area contributed by atoms with E-state index >= 15 is 0 Å². The van der Waals surface area contributed by atoms with Crippen molar-refractivity contribution in [2.24, 2.45) is 16.3 Å². The summed E-state index contributed by atoms with van der Waals surface area (Å²) in [5.41, 5.74) is 1.76. The summed E-state index contributed by atoms with van der Waals surface area (Å²) < 4.78 is 0. The van der Waals surface area contributed by atoms with Gasteiger partial charge in [0.15, 0.2) is 0 Å². The van der Waals surface area contributed by atoms with Crippen LogP contribution in [-0.4, -0.2) is 12.3 Å². The van der Waals surface area contributed by atoms with E-state index in [-0.39, 0.29) is 0 Å². The van der Waals surface area contributed by atoms with E-state index < -0.39 is 0 Å². The molecule has 0 saturated carbocycles. The van der Waals surface area contributed by atoms with E-state index in [1.165, 1.54) is 18.6 Å². The second-order valence-electron chi connectivity index (χ2n) is 4.15. The Hall–Kier alpha value is -0.330. The van der Waals surface area contributed by atoms with E-state index in [0.717, 1.165) is 12.5 Å². The Morgan fingerprint density at radius 2 is 2.27 bits per heavy atom. The van der Waals surface area contributed by atoms with Crippen molar-refractivity contribution >= 4 is 5.71 Å². The fourth-order valence-corrected chi connectivity index (χ4v) is 1.87. The van der Waals surface area contributed by atoms with Crippen LogP contribution >= 0.6 is 0 Å². The van der Waals surface area contributed by atoms with Crippen LogP contribution in [0.2, 0.25) is 0 Å². The van der Waals surface area contributed by atoms with Crippen LogP contribution in [0.3, 0.4) is 0 Å². The van der Waals surface area contributed by atoms with Crippen LogP contribution in [0.5, 0.6) is 0 Å². The van der Waals surface area contributed by atoms with E-state index in [9.17, 15) is 0 Å². The normalized spacial score (nSPS) is 38.5. The lowest BCUT2D eigenvalue weighted by Crippen LogP contribution is -2.32. The molecule has 1 rings (SSSR count). The zero-order valence-electron chi connectivity index (χ0n) is 8.15. The van der Waals surface area contributed by atoms with Gasteiger partial charge in [-0.25, -0.2) is 0 Å². The standard InChI is InChI=1S/C10H19N/c1-5-10(4)6-8(2)7-11-9(10)3/h8H,5-7H2,1-4H3. The number of nitrogens with zero attached hydrogens (tertiary/aromatic N) is 1. The van der Waals surface area contributed by atoms with Gasteiger partial charge in [-0.3, -0.25) is 4.99 Å². The first-order valence-electron chi connectivity index (χ1n) is 4.60. The molecule has 0 amide bonds. The quantitative estimate of drug-likeness (QED) is 0.549. The Bertz CT molecular complexity index is 172. The van der Waals surface area contributed by atoms with Crippen LogP contribution in [0.4, 0.5) is 0 Å². The average molecular weight is 153 g/mol. The highest BCUT2D eigenvalue weighted by Gasteiger charge is 2.30. The van der Waals surface area contributed by atoms with E-state index in [0.29, 0.717) is 5.41 Å². The van der Waals surface area contributed by atoms with Crippen molar-refractivity contribution in [1.82, 2.24) is 0 Å². The smallest absolute Gasteiger partial charge is 0.0414 e. The van der Waals surface area contributed by atoms with Crippen molar-refractivity contribution in [3.63, 3.8) is 0 Å². The molecule has 0 spiro atoms. The third-order valence-corrected chi connectivity index (χ3v) is 3.09. The first-order chi connectivity index (χ1) is 5.08. The summed E-state index contributed by atoms with van der Waals surface area (Å²) in [5.74, 6) is 0.781.